The lowest BCUT2D eigenvalue weighted by atomic mass is 10.2. The largest absolute Gasteiger partial charge is 0.354 e. The van der Waals surface area contributed by atoms with Crippen LogP contribution in [0.3, 0.4) is 0 Å². The molecule has 0 bridgehead atoms. The number of piperazine rings is 1. The van der Waals surface area contributed by atoms with Crippen molar-refractivity contribution in [2.24, 2.45) is 5.73 Å². The molecule has 0 aromatic heterocycles. The summed E-state index contributed by atoms with van der Waals surface area (Å²) in [5, 5.41) is 4.79. The van der Waals surface area contributed by atoms with Crippen molar-refractivity contribution in [2.75, 3.05) is 26.2 Å². The molecule has 1 aliphatic rings. The molecule has 0 spiro atoms. The van der Waals surface area contributed by atoms with E-state index in [4.69, 9.17) is 5.73 Å². The fourth-order valence-electron chi connectivity index (χ4n) is 1.41. The molecule has 16 heavy (non-hydrogen) atoms. The van der Waals surface area contributed by atoms with Crippen LogP contribution in [0.2, 0.25) is 0 Å². The molecule has 0 aliphatic carbocycles. The van der Waals surface area contributed by atoms with Gasteiger partial charge in [-0.15, -0.1) is 0 Å². The zero-order valence-corrected chi connectivity index (χ0v) is 9.16. The number of nitrogens with one attached hydrogen (secondary N) is 2. The maximum atomic E-state index is 11.4. The highest BCUT2D eigenvalue weighted by Crippen LogP contribution is 2.03. The molecule has 1 heterocycles. The van der Waals surface area contributed by atoms with Crippen LogP contribution in [0.15, 0.2) is 0 Å². The van der Waals surface area contributed by atoms with Crippen molar-refractivity contribution >= 4 is 17.7 Å². The minimum absolute atomic E-state index is 0.0281. The Morgan fingerprint density at radius 1 is 1.62 bits per heavy atom. The lowest BCUT2D eigenvalue weighted by molar-refractivity contribution is -0.140. The summed E-state index contributed by atoms with van der Waals surface area (Å²) in [6.45, 7) is 2.49. The van der Waals surface area contributed by atoms with Gasteiger partial charge in [-0.05, 0) is 6.92 Å². The van der Waals surface area contributed by atoms with Crippen LogP contribution in [0, 0.1) is 0 Å². The van der Waals surface area contributed by atoms with Crippen LogP contribution in [0.4, 0.5) is 0 Å². The smallest absolute Gasteiger partial charge is 0.243 e. The second-order valence-electron chi connectivity index (χ2n) is 3.63. The maximum absolute atomic E-state index is 11.4. The van der Waals surface area contributed by atoms with Crippen molar-refractivity contribution in [3.05, 3.63) is 0 Å². The van der Waals surface area contributed by atoms with Crippen LogP contribution in [-0.4, -0.2) is 54.8 Å². The molecule has 0 aromatic carbocycles. The predicted molar refractivity (Wildman–Crippen MR) is 56.2 cm³/mol. The van der Waals surface area contributed by atoms with Gasteiger partial charge in [0.05, 0.1) is 19.1 Å². The molecular weight excluding hydrogens is 212 g/mol. The molecule has 0 radical (unpaired) electrons. The number of carbonyl (C=O) groups excluding carboxylic acids is 3. The van der Waals surface area contributed by atoms with E-state index in [1.807, 2.05) is 0 Å². The molecular formula is C9H16N4O3. The molecule has 0 saturated carbocycles. The summed E-state index contributed by atoms with van der Waals surface area (Å²) in [6, 6.07) is -0.471. The zero-order valence-electron chi connectivity index (χ0n) is 9.16. The zero-order chi connectivity index (χ0) is 12.1. The number of hydrogen-bond acceptors (Lipinski definition) is 5. The monoisotopic (exact) mass is 228 g/mol. The Labute approximate surface area is 93.3 Å². The second kappa shape index (κ2) is 5.57. The first kappa shape index (κ1) is 12.6. The number of nitrogens with two attached hydrogens (primary N) is 1. The fraction of sp³-hybridized carbons (Fsp3) is 0.667. The van der Waals surface area contributed by atoms with E-state index < -0.39 is 6.04 Å². The van der Waals surface area contributed by atoms with Crippen molar-refractivity contribution < 1.29 is 14.4 Å². The Hall–Kier alpha value is -1.47. The van der Waals surface area contributed by atoms with Gasteiger partial charge >= 0.3 is 0 Å². The maximum Gasteiger partial charge on any atom is 0.243 e. The fourth-order valence-corrected chi connectivity index (χ4v) is 1.41. The normalized spacial score (nSPS) is 21.8. The summed E-state index contributed by atoms with van der Waals surface area (Å²) in [4.78, 5) is 35.3. The van der Waals surface area contributed by atoms with E-state index in [0.717, 1.165) is 0 Å². The number of hydrogen-bond donors (Lipinski definition) is 3. The first-order valence-electron chi connectivity index (χ1n) is 5.09. The predicted octanol–water partition coefficient (Wildman–Crippen LogP) is -2.59. The summed E-state index contributed by atoms with van der Waals surface area (Å²) in [5.74, 6) is -0.989. The third-order valence-electron chi connectivity index (χ3n) is 2.35. The van der Waals surface area contributed by atoms with Gasteiger partial charge < -0.3 is 11.1 Å². The van der Waals surface area contributed by atoms with E-state index in [1.165, 1.54) is 4.90 Å². The highest BCUT2D eigenvalue weighted by molar-refractivity contribution is 6.01. The number of amides is 3. The third-order valence-corrected chi connectivity index (χ3v) is 2.35. The summed E-state index contributed by atoms with van der Waals surface area (Å²) < 4.78 is 0. The third kappa shape index (κ3) is 3.28. The SMILES string of the molecule is CC1C(=O)NC(=O)CN1CC(=O)NCCN. The van der Waals surface area contributed by atoms with E-state index in [-0.39, 0.29) is 30.8 Å². The Morgan fingerprint density at radius 3 is 2.94 bits per heavy atom. The minimum atomic E-state index is -0.471. The minimum Gasteiger partial charge on any atom is -0.354 e. The average molecular weight is 228 g/mol. The van der Waals surface area contributed by atoms with E-state index in [1.54, 1.807) is 6.92 Å². The van der Waals surface area contributed by atoms with E-state index in [2.05, 4.69) is 10.6 Å². The topological polar surface area (TPSA) is 105 Å². The Kier molecular flexibility index (Phi) is 4.39. The van der Waals surface area contributed by atoms with Crippen molar-refractivity contribution in [3.63, 3.8) is 0 Å². The molecule has 1 rings (SSSR count). The van der Waals surface area contributed by atoms with Crippen molar-refractivity contribution in [3.8, 4) is 0 Å². The quantitative estimate of drug-likeness (QED) is 0.458. The molecule has 1 fully saturated rings. The van der Waals surface area contributed by atoms with E-state index in [9.17, 15) is 14.4 Å². The molecule has 7 nitrogen and oxygen atoms in total. The van der Waals surface area contributed by atoms with Crippen LogP contribution in [0.1, 0.15) is 6.92 Å². The Balaban J connectivity index is 2.48. The number of carbonyl (C=O) groups is 3. The summed E-state index contributed by atoms with van der Waals surface area (Å²) >= 11 is 0. The number of nitrogens with zero attached hydrogens (tertiary/aromatic N) is 1. The van der Waals surface area contributed by atoms with Crippen LogP contribution in [0.25, 0.3) is 0 Å². The first-order valence-corrected chi connectivity index (χ1v) is 5.09. The van der Waals surface area contributed by atoms with Gasteiger partial charge in [-0.3, -0.25) is 24.6 Å². The van der Waals surface area contributed by atoms with Gasteiger partial charge in [-0.2, -0.15) is 0 Å². The van der Waals surface area contributed by atoms with Crippen LogP contribution in [-0.2, 0) is 14.4 Å². The van der Waals surface area contributed by atoms with Crippen LogP contribution in [0.5, 0.6) is 0 Å². The molecule has 1 aliphatic heterocycles. The van der Waals surface area contributed by atoms with E-state index >= 15 is 0 Å². The average Bonchev–Trinajstić information content (AvgIpc) is 2.22. The molecule has 1 atom stereocenters. The highest BCUT2D eigenvalue weighted by atomic mass is 16.2. The van der Waals surface area contributed by atoms with E-state index in [0.29, 0.717) is 13.1 Å². The standard InChI is InChI=1S/C9H16N4O3/c1-6-9(16)12-8(15)5-13(6)4-7(14)11-3-2-10/h6H,2-5,10H2,1H3,(H,11,14)(H,12,15,16). The van der Waals surface area contributed by atoms with Gasteiger partial charge in [0.15, 0.2) is 0 Å². The van der Waals surface area contributed by atoms with Gasteiger partial charge in [0.2, 0.25) is 17.7 Å². The molecule has 3 amide bonds. The Bertz CT molecular complexity index is 305. The molecule has 1 unspecified atom stereocenters. The summed E-state index contributed by atoms with van der Waals surface area (Å²) in [7, 11) is 0. The second-order valence-corrected chi connectivity index (χ2v) is 3.63. The van der Waals surface area contributed by atoms with Crippen molar-refractivity contribution in [1.82, 2.24) is 15.5 Å². The van der Waals surface area contributed by atoms with Gasteiger partial charge in [0.25, 0.3) is 0 Å². The highest BCUT2D eigenvalue weighted by Gasteiger charge is 2.31. The van der Waals surface area contributed by atoms with Crippen LogP contribution < -0.4 is 16.4 Å². The molecule has 4 N–H and O–H groups in total. The van der Waals surface area contributed by atoms with Gasteiger partial charge in [0, 0.05) is 13.1 Å². The van der Waals surface area contributed by atoms with Crippen molar-refractivity contribution in [1.29, 1.82) is 0 Å². The van der Waals surface area contributed by atoms with Gasteiger partial charge in [-0.1, -0.05) is 0 Å². The lowest BCUT2D eigenvalue weighted by Crippen LogP contribution is -2.58. The summed E-state index contributed by atoms with van der Waals surface area (Å²) in [6.07, 6.45) is 0. The first-order chi connectivity index (χ1) is 7.54. The summed E-state index contributed by atoms with van der Waals surface area (Å²) in [5.41, 5.74) is 5.23. The molecule has 7 heteroatoms. The van der Waals surface area contributed by atoms with Crippen LogP contribution >= 0.6 is 0 Å². The number of rotatable bonds is 4. The molecule has 90 valence electrons. The number of imide groups is 1. The van der Waals surface area contributed by atoms with Gasteiger partial charge in [0.1, 0.15) is 0 Å². The Morgan fingerprint density at radius 2 is 2.31 bits per heavy atom. The molecule has 0 aromatic rings. The van der Waals surface area contributed by atoms with Crippen molar-refractivity contribution in [2.45, 2.75) is 13.0 Å². The molecule has 1 saturated heterocycles. The lowest BCUT2D eigenvalue weighted by Gasteiger charge is -2.30. The van der Waals surface area contributed by atoms with Gasteiger partial charge in [-0.25, -0.2) is 0 Å².